The van der Waals surface area contributed by atoms with Gasteiger partial charge in [0.2, 0.25) is 0 Å². The van der Waals surface area contributed by atoms with Crippen LogP contribution in [0.1, 0.15) is 110 Å². The van der Waals surface area contributed by atoms with Crippen molar-refractivity contribution < 1.29 is 19.7 Å². The van der Waals surface area contributed by atoms with Crippen molar-refractivity contribution in [1.82, 2.24) is 0 Å². The van der Waals surface area contributed by atoms with E-state index in [-0.39, 0.29) is 56.9 Å². The van der Waals surface area contributed by atoms with Gasteiger partial charge in [-0.2, -0.15) is 0 Å². The average molecular weight is 399 g/mol. The quantitative estimate of drug-likeness (QED) is 0.187. The molecule has 1 unspecified atom stereocenters. The molecule has 0 aliphatic carbocycles. The molecule has 2 N–H and O–H groups in total. The smallest absolute Gasteiger partial charge is 0.305 e. The van der Waals surface area contributed by atoms with Gasteiger partial charge in [0.05, 0.1) is 6.61 Å². The summed E-state index contributed by atoms with van der Waals surface area (Å²) in [6.45, 7) is 1.79. The number of hydrogen-bond donors (Lipinski definition) is 2. The second kappa shape index (κ2) is 23.7. The Kier molecular flexibility index (Phi) is 26.3. The third-order valence-corrected chi connectivity index (χ3v) is 4.63. The molecular weight excluding hydrogens is 356 g/mol. The van der Waals surface area contributed by atoms with Crippen molar-refractivity contribution in [2.45, 2.75) is 116 Å². The predicted octanol–water partition coefficient (Wildman–Crippen LogP) is 4.76. The van der Waals surface area contributed by atoms with Crippen LogP contribution in [0.5, 0.6) is 0 Å². The molecule has 0 aliphatic heterocycles. The van der Waals surface area contributed by atoms with E-state index in [2.05, 4.69) is 6.92 Å². The van der Waals surface area contributed by atoms with E-state index >= 15 is 0 Å². The first-order chi connectivity index (χ1) is 12.2. The van der Waals surface area contributed by atoms with Gasteiger partial charge in [-0.05, 0) is 6.42 Å². The summed E-state index contributed by atoms with van der Waals surface area (Å²) in [5.41, 5.74) is 0. The van der Waals surface area contributed by atoms with Gasteiger partial charge >= 0.3 is 5.97 Å². The fourth-order valence-corrected chi connectivity index (χ4v) is 2.95. The minimum atomic E-state index is -0.954. The predicted molar refractivity (Wildman–Crippen MR) is 109 cm³/mol. The fourth-order valence-electron chi connectivity index (χ4n) is 2.95. The number of aliphatic hydroxyl groups excluding tert-OH is 2. The van der Waals surface area contributed by atoms with Crippen LogP contribution in [-0.4, -0.2) is 73.2 Å². The normalized spacial score (nSPS) is 11.8. The van der Waals surface area contributed by atoms with Gasteiger partial charge in [-0.1, -0.05) is 96.8 Å². The first-order valence-electron chi connectivity index (χ1n) is 10.6. The zero-order chi connectivity index (χ0) is 18.6. The molecule has 5 heteroatoms. The Labute approximate surface area is 191 Å². The van der Waals surface area contributed by atoms with Crippen LogP contribution in [0.15, 0.2) is 0 Å². The standard InChI is InChI=1S/C21H42O4.Ca/c1-2-3-4-5-6-7-8-9-10-11-12-13-14-15-16-17-21(24)25-19-20(23)18-22;/h20,22-23H,2-19H2,1H3;. The first-order valence-corrected chi connectivity index (χ1v) is 10.6. The molecule has 0 heterocycles. The zero-order valence-corrected chi connectivity index (χ0v) is 19.4. The van der Waals surface area contributed by atoms with Crippen molar-refractivity contribution in [1.29, 1.82) is 0 Å². The minimum absolute atomic E-state index is 0. The van der Waals surface area contributed by atoms with E-state index in [4.69, 9.17) is 14.9 Å². The minimum Gasteiger partial charge on any atom is -0.463 e. The molecule has 0 saturated carbocycles. The monoisotopic (exact) mass is 398 g/mol. The van der Waals surface area contributed by atoms with Crippen LogP contribution in [0.3, 0.4) is 0 Å². The molecule has 2 radical (unpaired) electrons. The number of esters is 1. The molecule has 0 aliphatic rings. The number of carbonyl (C=O) groups is 1. The third-order valence-electron chi connectivity index (χ3n) is 4.63. The topological polar surface area (TPSA) is 66.8 Å². The largest absolute Gasteiger partial charge is 0.463 e. The van der Waals surface area contributed by atoms with E-state index in [0.29, 0.717) is 6.42 Å². The Morgan fingerprint density at radius 2 is 1.15 bits per heavy atom. The molecule has 0 saturated heterocycles. The summed E-state index contributed by atoms with van der Waals surface area (Å²) in [7, 11) is 0. The van der Waals surface area contributed by atoms with E-state index in [0.717, 1.165) is 12.8 Å². The summed E-state index contributed by atoms with van der Waals surface area (Å²) in [5.74, 6) is -0.276. The van der Waals surface area contributed by atoms with Gasteiger partial charge in [-0.15, -0.1) is 0 Å². The summed E-state index contributed by atoms with van der Waals surface area (Å²) >= 11 is 0. The number of unbranched alkanes of at least 4 members (excludes halogenated alkanes) is 14. The van der Waals surface area contributed by atoms with Crippen LogP contribution in [-0.2, 0) is 9.53 Å². The second-order valence-corrected chi connectivity index (χ2v) is 7.22. The van der Waals surface area contributed by atoms with Crippen molar-refractivity contribution >= 4 is 43.7 Å². The van der Waals surface area contributed by atoms with E-state index in [1.54, 1.807) is 0 Å². The molecule has 1 atom stereocenters. The Morgan fingerprint density at radius 3 is 1.54 bits per heavy atom. The molecule has 0 fully saturated rings. The molecule has 0 bridgehead atoms. The number of hydrogen-bond acceptors (Lipinski definition) is 4. The van der Waals surface area contributed by atoms with Gasteiger partial charge < -0.3 is 14.9 Å². The Balaban J connectivity index is 0. The van der Waals surface area contributed by atoms with Crippen molar-refractivity contribution in [2.75, 3.05) is 13.2 Å². The Morgan fingerprint density at radius 1 is 0.769 bits per heavy atom. The van der Waals surface area contributed by atoms with E-state index in [1.165, 1.54) is 83.5 Å². The van der Waals surface area contributed by atoms with Crippen LogP contribution < -0.4 is 0 Å². The molecule has 0 spiro atoms. The van der Waals surface area contributed by atoms with Crippen molar-refractivity contribution in [3.8, 4) is 0 Å². The first kappa shape index (κ1) is 28.9. The van der Waals surface area contributed by atoms with Gasteiger partial charge in [0.25, 0.3) is 0 Å². The molecule has 0 aromatic carbocycles. The fraction of sp³-hybridized carbons (Fsp3) is 0.952. The Bertz CT molecular complexity index is 287. The number of carbonyl (C=O) groups excluding carboxylic acids is 1. The van der Waals surface area contributed by atoms with Crippen LogP contribution in [0.25, 0.3) is 0 Å². The van der Waals surface area contributed by atoms with Gasteiger partial charge in [0, 0.05) is 44.2 Å². The molecule has 152 valence electrons. The molecular formula is C21H42CaO4. The summed E-state index contributed by atoms with van der Waals surface area (Å²) < 4.78 is 4.86. The maximum absolute atomic E-state index is 11.4. The molecule has 0 aromatic heterocycles. The molecule has 0 amide bonds. The average Bonchev–Trinajstić information content (AvgIpc) is 2.62. The van der Waals surface area contributed by atoms with Crippen LogP contribution in [0, 0.1) is 0 Å². The Hall–Kier alpha value is 0.650. The van der Waals surface area contributed by atoms with Crippen LogP contribution >= 0.6 is 0 Å². The van der Waals surface area contributed by atoms with Crippen molar-refractivity contribution in [3.63, 3.8) is 0 Å². The van der Waals surface area contributed by atoms with Gasteiger partial charge in [-0.25, -0.2) is 0 Å². The second-order valence-electron chi connectivity index (χ2n) is 7.22. The maximum Gasteiger partial charge on any atom is 0.305 e. The van der Waals surface area contributed by atoms with Crippen molar-refractivity contribution in [3.05, 3.63) is 0 Å². The van der Waals surface area contributed by atoms with Gasteiger partial charge in [-0.3, -0.25) is 4.79 Å². The van der Waals surface area contributed by atoms with Crippen LogP contribution in [0.4, 0.5) is 0 Å². The zero-order valence-electron chi connectivity index (χ0n) is 17.2. The summed E-state index contributed by atoms with van der Waals surface area (Å²) in [5, 5.41) is 17.7. The number of rotatable bonds is 19. The van der Waals surface area contributed by atoms with E-state index in [1.807, 2.05) is 0 Å². The number of aliphatic hydroxyl groups is 2. The van der Waals surface area contributed by atoms with E-state index in [9.17, 15) is 4.79 Å². The molecule has 4 nitrogen and oxygen atoms in total. The van der Waals surface area contributed by atoms with Crippen LogP contribution in [0.2, 0.25) is 0 Å². The van der Waals surface area contributed by atoms with Crippen molar-refractivity contribution in [2.24, 2.45) is 0 Å². The summed E-state index contributed by atoms with van der Waals surface area (Å²) in [4.78, 5) is 11.4. The molecule has 26 heavy (non-hydrogen) atoms. The van der Waals surface area contributed by atoms with Gasteiger partial charge in [0.15, 0.2) is 0 Å². The van der Waals surface area contributed by atoms with Gasteiger partial charge in [0.1, 0.15) is 12.7 Å². The molecule has 0 rings (SSSR count). The third kappa shape index (κ3) is 22.7. The van der Waals surface area contributed by atoms with E-state index < -0.39 is 6.10 Å². The maximum atomic E-state index is 11.4. The summed E-state index contributed by atoms with van der Waals surface area (Å²) in [6.07, 6.45) is 19.0. The number of ether oxygens (including phenoxy) is 1. The molecule has 0 aromatic rings. The summed E-state index contributed by atoms with van der Waals surface area (Å²) in [6, 6.07) is 0. The SMILES string of the molecule is CCCCCCCCCCCCCCCCCC(=O)OCC(O)CO.[Ca].